The van der Waals surface area contributed by atoms with Crippen LogP contribution in [0.15, 0.2) is 36.5 Å². The first kappa shape index (κ1) is 11.6. The van der Waals surface area contributed by atoms with Crippen molar-refractivity contribution in [1.29, 1.82) is 0 Å². The molecule has 1 aliphatic rings. The summed E-state index contributed by atoms with van der Waals surface area (Å²) < 4.78 is 5.52. The molecule has 3 heteroatoms. The van der Waals surface area contributed by atoms with Gasteiger partial charge in [0.1, 0.15) is 0 Å². The molecule has 1 N–H and O–H groups in total. The number of aromatic nitrogens is 1. The topological polar surface area (TPSA) is 42.4 Å². The van der Waals surface area contributed by atoms with E-state index >= 15 is 0 Å². The average molecular weight is 243 g/mol. The molecule has 94 valence electrons. The Balaban J connectivity index is 1.89. The largest absolute Gasteiger partial charge is 0.388 e. The van der Waals surface area contributed by atoms with Gasteiger partial charge >= 0.3 is 0 Å². The number of hydrogen-bond donors (Lipinski definition) is 1. The van der Waals surface area contributed by atoms with E-state index in [1.54, 1.807) is 6.20 Å². The van der Waals surface area contributed by atoms with Gasteiger partial charge < -0.3 is 9.84 Å². The van der Waals surface area contributed by atoms with Crippen molar-refractivity contribution in [3.63, 3.8) is 0 Å². The van der Waals surface area contributed by atoms with E-state index in [0.29, 0.717) is 6.61 Å². The van der Waals surface area contributed by atoms with E-state index in [-0.39, 0.29) is 12.0 Å². The Kier molecular flexibility index (Phi) is 3.02. The van der Waals surface area contributed by atoms with Crippen LogP contribution in [0.4, 0.5) is 0 Å². The molecular weight excluding hydrogens is 226 g/mol. The highest BCUT2D eigenvalue weighted by atomic mass is 16.5. The molecule has 1 fully saturated rings. The number of pyridine rings is 1. The molecule has 1 aliphatic heterocycles. The molecular formula is C15H17NO2. The van der Waals surface area contributed by atoms with Crippen LogP contribution >= 0.6 is 0 Å². The van der Waals surface area contributed by atoms with Gasteiger partial charge in [0.25, 0.3) is 0 Å². The fourth-order valence-corrected chi connectivity index (χ4v) is 2.59. The summed E-state index contributed by atoms with van der Waals surface area (Å²) in [6.07, 6.45) is 2.45. The fourth-order valence-electron chi connectivity index (χ4n) is 2.59. The van der Waals surface area contributed by atoms with Crippen LogP contribution in [0, 0.1) is 5.92 Å². The number of para-hydroxylation sites is 1. The third-order valence-corrected chi connectivity index (χ3v) is 3.63. The Labute approximate surface area is 106 Å². The number of rotatable bonds is 2. The number of fused-ring (bicyclic) bond motifs is 1. The number of hydrogen-bond acceptors (Lipinski definition) is 3. The number of aliphatic hydroxyl groups excluding tert-OH is 1. The van der Waals surface area contributed by atoms with E-state index < -0.39 is 6.10 Å². The number of benzene rings is 1. The van der Waals surface area contributed by atoms with E-state index in [1.165, 1.54) is 0 Å². The molecule has 3 unspecified atom stereocenters. The van der Waals surface area contributed by atoms with E-state index in [9.17, 15) is 5.11 Å². The highest BCUT2D eigenvalue weighted by Gasteiger charge is 2.29. The summed E-state index contributed by atoms with van der Waals surface area (Å²) in [5, 5.41) is 11.4. The standard InChI is InChI=1S/C15H17NO2/c1-10-6-13(9-18-10)15(17)12-7-11-4-2-3-5-14(11)16-8-12/h2-5,7-8,10,13,15,17H,6,9H2,1H3. The van der Waals surface area contributed by atoms with Gasteiger partial charge in [-0.25, -0.2) is 0 Å². The van der Waals surface area contributed by atoms with Crippen LogP contribution < -0.4 is 0 Å². The Morgan fingerprint density at radius 2 is 2.22 bits per heavy atom. The summed E-state index contributed by atoms with van der Waals surface area (Å²) in [4.78, 5) is 4.39. The minimum Gasteiger partial charge on any atom is -0.388 e. The lowest BCUT2D eigenvalue weighted by Gasteiger charge is -2.17. The van der Waals surface area contributed by atoms with Gasteiger partial charge in [0.15, 0.2) is 0 Å². The van der Waals surface area contributed by atoms with Crippen LogP contribution in [-0.2, 0) is 4.74 Å². The predicted molar refractivity (Wildman–Crippen MR) is 70.2 cm³/mol. The van der Waals surface area contributed by atoms with Crippen LogP contribution in [0.3, 0.4) is 0 Å². The van der Waals surface area contributed by atoms with Crippen LogP contribution in [0.2, 0.25) is 0 Å². The van der Waals surface area contributed by atoms with Gasteiger partial charge in [0.2, 0.25) is 0 Å². The number of aliphatic hydroxyl groups is 1. The summed E-state index contributed by atoms with van der Waals surface area (Å²) in [6.45, 7) is 2.68. The second-order valence-corrected chi connectivity index (χ2v) is 5.05. The monoisotopic (exact) mass is 243 g/mol. The van der Waals surface area contributed by atoms with Gasteiger partial charge in [-0.3, -0.25) is 4.98 Å². The molecule has 0 spiro atoms. The van der Waals surface area contributed by atoms with Crippen molar-refractivity contribution in [1.82, 2.24) is 4.98 Å². The van der Waals surface area contributed by atoms with Gasteiger partial charge in [-0.05, 0) is 31.0 Å². The lowest BCUT2D eigenvalue weighted by molar-refractivity contribution is 0.0803. The van der Waals surface area contributed by atoms with Gasteiger partial charge in [0, 0.05) is 17.5 Å². The first-order chi connectivity index (χ1) is 8.74. The minimum atomic E-state index is -0.480. The van der Waals surface area contributed by atoms with Crippen molar-refractivity contribution >= 4 is 10.9 Å². The summed E-state index contributed by atoms with van der Waals surface area (Å²) in [6, 6.07) is 9.98. The van der Waals surface area contributed by atoms with Crippen molar-refractivity contribution in [3.8, 4) is 0 Å². The van der Waals surface area contributed by atoms with E-state index in [4.69, 9.17) is 4.74 Å². The molecule has 1 aromatic heterocycles. The van der Waals surface area contributed by atoms with Crippen molar-refractivity contribution in [2.24, 2.45) is 5.92 Å². The van der Waals surface area contributed by atoms with Gasteiger partial charge in [0.05, 0.1) is 24.3 Å². The lowest BCUT2D eigenvalue weighted by Crippen LogP contribution is -2.13. The maximum Gasteiger partial charge on any atom is 0.0856 e. The molecule has 2 aromatic rings. The highest BCUT2D eigenvalue weighted by molar-refractivity contribution is 5.78. The summed E-state index contributed by atoms with van der Waals surface area (Å²) in [5.41, 5.74) is 1.85. The second-order valence-electron chi connectivity index (χ2n) is 5.05. The molecule has 3 rings (SSSR count). The molecule has 0 amide bonds. The van der Waals surface area contributed by atoms with Crippen molar-refractivity contribution in [2.75, 3.05) is 6.61 Å². The molecule has 0 radical (unpaired) electrons. The molecule has 1 saturated heterocycles. The van der Waals surface area contributed by atoms with Crippen LogP contribution in [0.5, 0.6) is 0 Å². The second kappa shape index (κ2) is 4.67. The minimum absolute atomic E-state index is 0.183. The highest BCUT2D eigenvalue weighted by Crippen LogP contribution is 2.32. The lowest BCUT2D eigenvalue weighted by atomic mass is 9.94. The molecule has 0 bridgehead atoms. The molecule has 18 heavy (non-hydrogen) atoms. The average Bonchev–Trinajstić information content (AvgIpc) is 2.84. The Morgan fingerprint density at radius 1 is 1.39 bits per heavy atom. The number of nitrogens with zero attached hydrogens (tertiary/aromatic N) is 1. The van der Waals surface area contributed by atoms with Gasteiger partial charge in [-0.1, -0.05) is 18.2 Å². The predicted octanol–water partition coefficient (Wildman–Crippen LogP) is 2.69. The maximum absolute atomic E-state index is 10.4. The van der Waals surface area contributed by atoms with Crippen molar-refractivity contribution in [3.05, 3.63) is 42.1 Å². The Morgan fingerprint density at radius 3 is 3.00 bits per heavy atom. The zero-order chi connectivity index (χ0) is 12.5. The third-order valence-electron chi connectivity index (χ3n) is 3.63. The van der Waals surface area contributed by atoms with Crippen LogP contribution in [-0.4, -0.2) is 22.8 Å². The molecule has 0 saturated carbocycles. The zero-order valence-corrected chi connectivity index (χ0v) is 10.4. The quantitative estimate of drug-likeness (QED) is 0.881. The molecule has 1 aromatic carbocycles. The first-order valence-corrected chi connectivity index (χ1v) is 6.38. The molecule has 0 aliphatic carbocycles. The van der Waals surface area contributed by atoms with Gasteiger partial charge in [-0.15, -0.1) is 0 Å². The zero-order valence-electron chi connectivity index (χ0n) is 10.4. The normalized spacial score (nSPS) is 25.4. The first-order valence-electron chi connectivity index (χ1n) is 6.38. The van der Waals surface area contributed by atoms with Crippen LogP contribution in [0.1, 0.15) is 25.0 Å². The van der Waals surface area contributed by atoms with E-state index in [2.05, 4.69) is 4.98 Å². The summed E-state index contributed by atoms with van der Waals surface area (Å²) >= 11 is 0. The molecule has 3 nitrogen and oxygen atoms in total. The van der Waals surface area contributed by atoms with Gasteiger partial charge in [-0.2, -0.15) is 0 Å². The van der Waals surface area contributed by atoms with E-state index in [1.807, 2.05) is 37.3 Å². The Bertz CT molecular complexity index is 555. The van der Waals surface area contributed by atoms with Crippen molar-refractivity contribution in [2.45, 2.75) is 25.6 Å². The number of ether oxygens (including phenoxy) is 1. The molecule has 2 heterocycles. The summed E-state index contributed by atoms with van der Waals surface area (Å²) in [7, 11) is 0. The SMILES string of the molecule is CC1CC(C(O)c2cnc3ccccc3c2)CO1. The molecule has 3 atom stereocenters. The fraction of sp³-hybridized carbons (Fsp3) is 0.400. The summed E-state index contributed by atoms with van der Waals surface area (Å²) in [5.74, 6) is 0.183. The van der Waals surface area contributed by atoms with E-state index in [0.717, 1.165) is 22.9 Å². The Hall–Kier alpha value is -1.45. The third kappa shape index (κ3) is 2.11. The maximum atomic E-state index is 10.4. The van der Waals surface area contributed by atoms with Crippen molar-refractivity contribution < 1.29 is 9.84 Å². The smallest absolute Gasteiger partial charge is 0.0856 e. The van der Waals surface area contributed by atoms with Crippen LogP contribution in [0.25, 0.3) is 10.9 Å².